The van der Waals surface area contributed by atoms with Crippen LogP contribution in [0.4, 0.5) is 0 Å². The van der Waals surface area contributed by atoms with E-state index < -0.39 is 0 Å². The van der Waals surface area contributed by atoms with E-state index in [1.807, 2.05) is 6.79 Å². The fourth-order valence-corrected chi connectivity index (χ4v) is 0.899. The Hall–Kier alpha value is -0.330. The molecule has 0 amide bonds. The molecule has 0 atom stereocenters. The molecule has 9 heavy (non-hydrogen) atoms. The molecule has 0 N–H and O–H groups in total. The van der Waals surface area contributed by atoms with Crippen LogP contribution in [0.2, 0.25) is 0 Å². The zero-order chi connectivity index (χ0) is 7.11. The zero-order valence-corrected chi connectivity index (χ0v) is 6.23. The Morgan fingerprint density at radius 2 is 2.00 bits per heavy atom. The number of carbonyl (C=O) groups is 1. The third-order valence-electron chi connectivity index (χ3n) is 1.66. The molecule has 0 radical (unpaired) electrons. The molecule has 1 nitrogen and oxygen atoms in total. The van der Waals surface area contributed by atoms with Crippen molar-refractivity contribution in [1.29, 1.82) is 0 Å². The maximum atomic E-state index is 8.00. The summed E-state index contributed by atoms with van der Waals surface area (Å²) < 4.78 is 0. The minimum absolute atomic E-state index is 1.15. The van der Waals surface area contributed by atoms with Crippen LogP contribution in [0.1, 0.15) is 39.0 Å². The predicted molar refractivity (Wildman–Crippen MR) is 39.4 cm³/mol. The minimum atomic E-state index is 1.15. The highest BCUT2D eigenvalue weighted by Crippen LogP contribution is 2.33. The van der Waals surface area contributed by atoms with E-state index >= 15 is 0 Å². The van der Waals surface area contributed by atoms with Gasteiger partial charge in [0.15, 0.2) is 0 Å². The summed E-state index contributed by atoms with van der Waals surface area (Å²) in [6, 6.07) is 0. The second kappa shape index (κ2) is 5.80. The van der Waals surface area contributed by atoms with Gasteiger partial charge in [0.25, 0.3) is 0 Å². The number of hydrogen-bond acceptors (Lipinski definition) is 1. The second-order valence-electron chi connectivity index (χ2n) is 2.59. The van der Waals surface area contributed by atoms with Gasteiger partial charge in [0.2, 0.25) is 0 Å². The van der Waals surface area contributed by atoms with E-state index in [9.17, 15) is 0 Å². The largest absolute Gasteiger partial charge is 0.307 e. The molecule has 1 rings (SSSR count). The fraction of sp³-hybridized carbons (Fsp3) is 0.875. The lowest BCUT2D eigenvalue weighted by Crippen LogP contribution is -1.72. The van der Waals surface area contributed by atoms with Crippen LogP contribution in [0.25, 0.3) is 0 Å². The Morgan fingerprint density at radius 1 is 1.44 bits per heavy atom. The van der Waals surface area contributed by atoms with E-state index in [0.717, 1.165) is 5.92 Å². The standard InChI is InChI=1S/C7H14.CH2O/c1-2-3-4-7-5-6-7;1-2/h7H,2-6H2,1H3;1H2. The van der Waals surface area contributed by atoms with Crippen LogP contribution in [-0.4, -0.2) is 6.79 Å². The van der Waals surface area contributed by atoms with Gasteiger partial charge >= 0.3 is 0 Å². The first-order valence-electron chi connectivity index (χ1n) is 3.72. The summed E-state index contributed by atoms with van der Waals surface area (Å²) in [7, 11) is 0. The topological polar surface area (TPSA) is 17.1 Å². The molecule has 1 heteroatoms. The van der Waals surface area contributed by atoms with Crippen molar-refractivity contribution in [2.75, 3.05) is 0 Å². The van der Waals surface area contributed by atoms with Gasteiger partial charge < -0.3 is 4.79 Å². The molecule has 0 aromatic heterocycles. The van der Waals surface area contributed by atoms with Crippen LogP contribution < -0.4 is 0 Å². The van der Waals surface area contributed by atoms with Crippen molar-refractivity contribution in [3.63, 3.8) is 0 Å². The monoisotopic (exact) mass is 128 g/mol. The summed E-state index contributed by atoms with van der Waals surface area (Å²) in [5.74, 6) is 1.15. The molecule has 0 unspecified atom stereocenters. The molecule has 0 heterocycles. The molecule has 0 saturated heterocycles. The molecule has 1 aliphatic rings. The molecule has 0 spiro atoms. The summed E-state index contributed by atoms with van der Waals surface area (Å²) in [6.45, 7) is 4.27. The highest BCUT2D eigenvalue weighted by Gasteiger charge is 2.19. The minimum Gasteiger partial charge on any atom is -0.307 e. The van der Waals surface area contributed by atoms with E-state index in [1.165, 1.54) is 32.1 Å². The molecular formula is C8H16O. The molecule has 0 aromatic rings. The number of rotatable bonds is 3. The molecule has 0 aromatic carbocycles. The molecule has 0 aliphatic heterocycles. The maximum Gasteiger partial charge on any atom is 0.106 e. The highest BCUT2D eigenvalue weighted by atomic mass is 16.1. The molecular weight excluding hydrogens is 112 g/mol. The third-order valence-corrected chi connectivity index (χ3v) is 1.66. The van der Waals surface area contributed by atoms with Crippen LogP contribution in [0.5, 0.6) is 0 Å². The lowest BCUT2D eigenvalue weighted by atomic mass is 10.2. The molecule has 1 saturated carbocycles. The average molecular weight is 128 g/mol. The van der Waals surface area contributed by atoms with Crippen molar-refractivity contribution in [2.45, 2.75) is 39.0 Å². The van der Waals surface area contributed by atoms with Gasteiger partial charge in [-0.1, -0.05) is 39.0 Å². The number of unbranched alkanes of at least 4 members (excludes halogenated alkanes) is 1. The van der Waals surface area contributed by atoms with Crippen LogP contribution in [-0.2, 0) is 4.79 Å². The number of carbonyl (C=O) groups excluding carboxylic acids is 1. The van der Waals surface area contributed by atoms with Gasteiger partial charge in [-0.25, -0.2) is 0 Å². The summed E-state index contributed by atoms with van der Waals surface area (Å²) in [5.41, 5.74) is 0. The molecule has 1 fully saturated rings. The lowest BCUT2D eigenvalue weighted by Gasteiger charge is -1.88. The van der Waals surface area contributed by atoms with Gasteiger partial charge in [0.1, 0.15) is 6.79 Å². The summed E-state index contributed by atoms with van der Waals surface area (Å²) in [5, 5.41) is 0. The van der Waals surface area contributed by atoms with Gasteiger partial charge in [0, 0.05) is 0 Å². The maximum absolute atomic E-state index is 8.00. The Kier molecular flexibility index (Phi) is 5.59. The van der Waals surface area contributed by atoms with Crippen molar-refractivity contribution in [1.82, 2.24) is 0 Å². The van der Waals surface area contributed by atoms with Gasteiger partial charge in [-0.3, -0.25) is 0 Å². The second-order valence-corrected chi connectivity index (χ2v) is 2.59. The van der Waals surface area contributed by atoms with E-state index in [2.05, 4.69) is 6.92 Å². The van der Waals surface area contributed by atoms with Crippen molar-refractivity contribution < 1.29 is 4.79 Å². The highest BCUT2D eigenvalue weighted by molar-refractivity contribution is 5.10. The average Bonchev–Trinajstić information content (AvgIpc) is 2.71. The Balaban J connectivity index is 0.000000291. The van der Waals surface area contributed by atoms with Crippen LogP contribution in [0.15, 0.2) is 0 Å². The van der Waals surface area contributed by atoms with Crippen LogP contribution in [0.3, 0.4) is 0 Å². The Bertz CT molecular complexity index is 57.6. The van der Waals surface area contributed by atoms with E-state index in [-0.39, 0.29) is 0 Å². The normalized spacial score (nSPS) is 16.1. The van der Waals surface area contributed by atoms with Crippen molar-refractivity contribution in [2.24, 2.45) is 5.92 Å². The quantitative estimate of drug-likeness (QED) is 0.570. The summed E-state index contributed by atoms with van der Waals surface area (Å²) in [4.78, 5) is 8.00. The van der Waals surface area contributed by atoms with E-state index in [1.54, 1.807) is 0 Å². The van der Waals surface area contributed by atoms with Gasteiger partial charge in [0.05, 0.1) is 0 Å². The van der Waals surface area contributed by atoms with Gasteiger partial charge in [-0.2, -0.15) is 0 Å². The SMILES string of the molecule is C=O.CCCCC1CC1. The molecule has 0 bridgehead atoms. The van der Waals surface area contributed by atoms with Crippen molar-refractivity contribution in [3.8, 4) is 0 Å². The first kappa shape index (κ1) is 8.67. The van der Waals surface area contributed by atoms with Crippen molar-refractivity contribution in [3.05, 3.63) is 0 Å². The van der Waals surface area contributed by atoms with Gasteiger partial charge in [-0.05, 0) is 5.92 Å². The van der Waals surface area contributed by atoms with Gasteiger partial charge in [-0.15, -0.1) is 0 Å². The smallest absolute Gasteiger partial charge is 0.106 e. The predicted octanol–water partition coefficient (Wildman–Crippen LogP) is 2.40. The van der Waals surface area contributed by atoms with Crippen molar-refractivity contribution >= 4 is 6.79 Å². The first-order chi connectivity index (χ1) is 4.43. The number of hydrogen-bond donors (Lipinski definition) is 0. The Labute approximate surface area is 57.5 Å². The fourth-order valence-electron chi connectivity index (χ4n) is 0.899. The van der Waals surface area contributed by atoms with Crippen LogP contribution in [0, 0.1) is 5.92 Å². The zero-order valence-electron chi connectivity index (χ0n) is 6.23. The lowest BCUT2D eigenvalue weighted by molar-refractivity contribution is -0.0979. The Morgan fingerprint density at radius 3 is 2.33 bits per heavy atom. The molecule has 1 aliphatic carbocycles. The first-order valence-corrected chi connectivity index (χ1v) is 3.72. The van der Waals surface area contributed by atoms with E-state index in [4.69, 9.17) is 4.79 Å². The summed E-state index contributed by atoms with van der Waals surface area (Å²) in [6.07, 6.45) is 7.41. The van der Waals surface area contributed by atoms with Crippen LogP contribution >= 0.6 is 0 Å². The third kappa shape index (κ3) is 5.54. The van der Waals surface area contributed by atoms with E-state index in [0.29, 0.717) is 0 Å². The molecule has 54 valence electrons. The summed E-state index contributed by atoms with van der Waals surface area (Å²) >= 11 is 0.